The SMILES string of the molecule is Cc1cnn(C[C@@H](C)NCc2c(C)nn(Cc3ccccc3)c2C)c1. The average Bonchev–Trinajstić information content (AvgIpc) is 3.10. The van der Waals surface area contributed by atoms with Crippen LogP contribution < -0.4 is 5.32 Å². The van der Waals surface area contributed by atoms with E-state index >= 15 is 0 Å². The van der Waals surface area contributed by atoms with Gasteiger partial charge < -0.3 is 5.32 Å². The van der Waals surface area contributed by atoms with Crippen molar-refractivity contribution in [3.63, 3.8) is 0 Å². The third-order valence-electron chi connectivity index (χ3n) is 4.56. The molecule has 0 saturated carbocycles. The normalized spacial score (nSPS) is 12.5. The molecule has 132 valence electrons. The highest BCUT2D eigenvalue weighted by Crippen LogP contribution is 2.15. The molecule has 0 aliphatic carbocycles. The van der Waals surface area contributed by atoms with Crippen LogP contribution in [0.5, 0.6) is 0 Å². The Labute approximate surface area is 149 Å². The molecule has 1 aromatic carbocycles. The zero-order chi connectivity index (χ0) is 17.8. The Hall–Kier alpha value is -2.40. The number of hydrogen-bond acceptors (Lipinski definition) is 3. The van der Waals surface area contributed by atoms with Gasteiger partial charge in [0.2, 0.25) is 0 Å². The predicted molar refractivity (Wildman–Crippen MR) is 101 cm³/mol. The largest absolute Gasteiger partial charge is 0.308 e. The van der Waals surface area contributed by atoms with Crippen LogP contribution in [0, 0.1) is 20.8 Å². The van der Waals surface area contributed by atoms with Crippen molar-refractivity contribution in [1.82, 2.24) is 24.9 Å². The summed E-state index contributed by atoms with van der Waals surface area (Å²) in [5.41, 5.74) is 6.09. The van der Waals surface area contributed by atoms with E-state index in [1.807, 2.05) is 16.9 Å². The molecule has 0 saturated heterocycles. The summed E-state index contributed by atoms with van der Waals surface area (Å²) < 4.78 is 4.09. The van der Waals surface area contributed by atoms with E-state index < -0.39 is 0 Å². The molecule has 0 fully saturated rings. The molecular weight excluding hydrogens is 310 g/mol. The predicted octanol–water partition coefficient (Wildman–Crippen LogP) is 3.23. The Balaban J connectivity index is 1.62. The molecular formula is C20H27N5. The first-order chi connectivity index (χ1) is 12.0. The molecule has 0 unspecified atom stereocenters. The lowest BCUT2D eigenvalue weighted by atomic mass is 10.1. The van der Waals surface area contributed by atoms with Gasteiger partial charge in [0.05, 0.1) is 25.0 Å². The third-order valence-corrected chi connectivity index (χ3v) is 4.56. The molecule has 0 bridgehead atoms. The number of benzene rings is 1. The molecule has 0 spiro atoms. The smallest absolute Gasteiger partial charge is 0.0662 e. The van der Waals surface area contributed by atoms with E-state index in [1.165, 1.54) is 22.4 Å². The molecule has 2 heterocycles. The Bertz CT molecular complexity index is 816. The second-order valence-electron chi connectivity index (χ2n) is 6.81. The van der Waals surface area contributed by atoms with Gasteiger partial charge in [0.25, 0.3) is 0 Å². The van der Waals surface area contributed by atoms with Gasteiger partial charge in [-0.15, -0.1) is 0 Å². The summed E-state index contributed by atoms with van der Waals surface area (Å²) in [6.45, 7) is 11.0. The number of aryl methyl sites for hydroxylation is 2. The van der Waals surface area contributed by atoms with Crippen LogP contribution in [0.3, 0.4) is 0 Å². The Kier molecular flexibility index (Phi) is 5.34. The average molecular weight is 337 g/mol. The van der Waals surface area contributed by atoms with Crippen molar-refractivity contribution in [1.29, 1.82) is 0 Å². The van der Waals surface area contributed by atoms with E-state index in [9.17, 15) is 0 Å². The van der Waals surface area contributed by atoms with Crippen molar-refractivity contribution in [3.05, 3.63) is 70.8 Å². The van der Waals surface area contributed by atoms with Crippen LogP contribution in [0.2, 0.25) is 0 Å². The zero-order valence-electron chi connectivity index (χ0n) is 15.5. The molecule has 0 aliphatic rings. The summed E-state index contributed by atoms with van der Waals surface area (Å²) in [6, 6.07) is 10.8. The van der Waals surface area contributed by atoms with Crippen LogP contribution >= 0.6 is 0 Å². The quantitative estimate of drug-likeness (QED) is 0.720. The maximum atomic E-state index is 4.73. The lowest BCUT2D eigenvalue weighted by Crippen LogP contribution is -2.30. The van der Waals surface area contributed by atoms with Crippen LogP contribution in [0.4, 0.5) is 0 Å². The monoisotopic (exact) mass is 337 g/mol. The summed E-state index contributed by atoms with van der Waals surface area (Å²) in [5, 5.41) is 12.7. The van der Waals surface area contributed by atoms with E-state index in [-0.39, 0.29) is 0 Å². The van der Waals surface area contributed by atoms with Gasteiger partial charge in [-0.1, -0.05) is 30.3 Å². The van der Waals surface area contributed by atoms with Crippen LogP contribution in [0.15, 0.2) is 42.7 Å². The molecule has 0 radical (unpaired) electrons. The Morgan fingerprint density at radius 2 is 1.88 bits per heavy atom. The molecule has 25 heavy (non-hydrogen) atoms. The first kappa shape index (κ1) is 17.4. The van der Waals surface area contributed by atoms with Crippen LogP contribution in [-0.2, 0) is 19.6 Å². The van der Waals surface area contributed by atoms with Gasteiger partial charge in [-0.05, 0) is 38.8 Å². The van der Waals surface area contributed by atoms with Crippen LogP contribution in [0.1, 0.15) is 35.0 Å². The molecule has 0 amide bonds. The van der Waals surface area contributed by atoms with Crippen molar-refractivity contribution < 1.29 is 0 Å². The first-order valence-electron chi connectivity index (χ1n) is 8.82. The highest BCUT2D eigenvalue weighted by Gasteiger charge is 2.13. The van der Waals surface area contributed by atoms with E-state index in [0.717, 1.165) is 25.3 Å². The second-order valence-corrected chi connectivity index (χ2v) is 6.81. The molecule has 1 N–H and O–H groups in total. The van der Waals surface area contributed by atoms with Crippen molar-refractivity contribution in [2.75, 3.05) is 0 Å². The second kappa shape index (κ2) is 7.66. The maximum Gasteiger partial charge on any atom is 0.0662 e. The lowest BCUT2D eigenvalue weighted by Gasteiger charge is -2.14. The number of hydrogen-bond donors (Lipinski definition) is 1. The van der Waals surface area contributed by atoms with Gasteiger partial charge in [0.1, 0.15) is 0 Å². The third kappa shape index (κ3) is 4.37. The minimum atomic E-state index is 0.343. The molecule has 5 heteroatoms. The summed E-state index contributed by atoms with van der Waals surface area (Å²) >= 11 is 0. The zero-order valence-corrected chi connectivity index (χ0v) is 15.5. The highest BCUT2D eigenvalue weighted by atomic mass is 15.3. The fourth-order valence-corrected chi connectivity index (χ4v) is 3.09. The highest BCUT2D eigenvalue weighted by molar-refractivity contribution is 5.26. The van der Waals surface area contributed by atoms with Gasteiger partial charge in [-0.25, -0.2) is 0 Å². The van der Waals surface area contributed by atoms with Gasteiger partial charge in [-0.3, -0.25) is 9.36 Å². The fraction of sp³-hybridized carbons (Fsp3) is 0.400. The van der Waals surface area contributed by atoms with E-state index in [0.29, 0.717) is 6.04 Å². The van der Waals surface area contributed by atoms with Crippen molar-refractivity contribution in [2.45, 2.75) is 53.4 Å². The van der Waals surface area contributed by atoms with Crippen LogP contribution in [0.25, 0.3) is 0 Å². The van der Waals surface area contributed by atoms with Gasteiger partial charge in [0, 0.05) is 30.0 Å². The number of aromatic nitrogens is 4. The Morgan fingerprint density at radius 3 is 2.56 bits per heavy atom. The van der Waals surface area contributed by atoms with Crippen molar-refractivity contribution in [3.8, 4) is 0 Å². The topological polar surface area (TPSA) is 47.7 Å². The Morgan fingerprint density at radius 1 is 1.12 bits per heavy atom. The van der Waals surface area contributed by atoms with Crippen molar-refractivity contribution in [2.24, 2.45) is 0 Å². The fourth-order valence-electron chi connectivity index (χ4n) is 3.09. The molecule has 3 rings (SSSR count). The van der Waals surface area contributed by atoms with Crippen molar-refractivity contribution >= 4 is 0 Å². The minimum Gasteiger partial charge on any atom is -0.308 e. The number of rotatable bonds is 7. The summed E-state index contributed by atoms with van der Waals surface area (Å²) in [6.07, 6.45) is 3.97. The maximum absolute atomic E-state index is 4.73. The molecule has 3 aromatic rings. The van der Waals surface area contributed by atoms with E-state index in [2.05, 4.69) is 73.3 Å². The summed E-state index contributed by atoms with van der Waals surface area (Å²) in [7, 11) is 0. The molecule has 0 aliphatic heterocycles. The standard InChI is InChI=1S/C20H27N5/c1-15-10-22-24(12-15)13-16(2)21-11-20-17(3)23-25(18(20)4)14-19-8-6-5-7-9-19/h5-10,12,16,21H,11,13-14H2,1-4H3/t16-/m1/s1. The van der Waals surface area contributed by atoms with E-state index in [4.69, 9.17) is 5.10 Å². The van der Waals surface area contributed by atoms with Gasteiger partial charge in [-0.2, -0.15) is 10.2 Å². The summed E-state index contributed by atoms with van der Waals surface area (Å²) in [4.78, 5) is 0. The molecule has 5 nitrogen and oxygen atoms in total. The van der Waals surface area contributed by atoms with Crippen LogP contribution in [-0.4, -0.2) is 25.6 Å². The summed E-state index contributed by atoms with van der Waals surface area (Å²) in [5.74, 6) is 0. The molecule has 2 aromatic heterocycles. The van der Waals surface area contributed by atoms with Gasteiger partial charge >= 0.3 is 0 Å². The number of nitrogens with one attached hydrogen (secondary N) is 1. The van der Waals surface area contributed by atoms with Gasteiger partial charge in [0.15, 0.2) is 0 Å². The first-order valence-corrected chi connectivity index (χ1v) is 8.82. The lowest BCUT2D eigenvalue weighted by molar-refractivity contribution is 0.449. The van der Waals surface area contributed by atoms with E-state index in [1.54, 1.807) is 0 Å². The minimum absolute atomic E-state index is 0.343. The molecule has 1 atom stereocenters. The number of nitrogens with zero attached hydrogens (tertiary/aromatic N) is 4.